The number of carbonyl (C=O) groups is 1. The van der Waals surface area contributed by atoms with Crippen molar-refractivity contribution in [2.75, 3.05) is 7.11 Å². The van der Waals surface area contributed by atoms with Gasteiger partial charge in [-0.3, -0.25) is 4.79 Å². The number of hydrogen-bond acceptors (Lipinski definition) is 4. The van der Waals surface area contributed by atoms with E-state index in [1.54, 1.807) is 0 Å². The van der Waals surface area contributed by atoms with Crippen LogP contribution in [-0.4, -0.2) is 23.3 Å². The Morgan fingerprint density at radius 3 is 2.93 bits per heavy atom. The standard InChI is InChI=1S/C10H12O4/c1-14-10(13)5-3-7-2-4-8(11)9(12)6-7/h2,4,6,11-12H,3,5H2,1H3/i2D,3D,4D,5D,6D. The number of hydrogen-bond donors (Lipinski definition) is 2. The predicted molar refractivity (Wildman–Crippen MR) is 50.1 cm³/mol. The third-order valence-electron chi connectivity index (χ3n) is 1.38. The van der Waals surface area contributed by atoms with Gasteiger partial charge in [0, 0.05) is 9.14 Å². The van der Waals surface area contributed by atoms with E-state index < -0.39 is 54.0 Å². The lowest BCUT2D eigenvalue weighted by molar-refractivity contribution is -0.140. The molecule has 0 bridgehead atoms. The van der Waals surface area contributed by atoms with E-state index in [-0.39, 0.29) is 0 Å². The zero-order chi connectivity index (χ0) is 14.9. The molecular weight excluding hydrogens is 184 g/mol. The number of phenolic OH excluding ortho intramolecular Hbond substituents is 2. The Morgan fingerprint density at radius 1 is 1.57 bits per heavy atom. The first-order chi connectivity index (χ1) is 8.73. The maximum absolute atomic E-state index is 11.2. The SMILES string of the molecule is [2H]c1c([2H])c(C([2H])C([2H])C(=O)OC)c([2H])c(O)c1O. The molecule has 0 radical (unpaired) electrons. The van der Waals surface area contributed by atoms with E-state index in [9.17, 15) is 15.0 Å². The quantitative estimate of drug-likeness (QED) is 0.569. The number of ether oxygens (including phenoxy) is 1. The molecule has 0 spiro atoms. The highest BCUT2D eigenvalue weighted by Gasteiger charge is 2.04. The molecule has 0 saturated carbocycles. The third-order valence-corrected chi connectivity index (χ3v) is 1.38. The molecular formula is C10H12O4. The van der Waals surface area contributed by atoms with Crippen molar-refractivity contribution < 1.29 is 26.6 Å². The fraction of sp³-hybridized carbons (Fsp3) is 0.300. The Bertz CT molecular complexity index is 490. The van der Waals surface area contributed by atoms with Gasteiger partial charge in [0.15, 0.2) is 11.5 Å². The van der Waals surface area contributed by atoms with Crippen molar-refractivity contribution in [3.63, 3.8) is 0 Å². The van der Waals surface area contributed by atoms with Crippen molar-refractivity contribution in [2.45, 2.75) is 12.8 Å². The van der Waals surface area contributed by atoms with Gasteiger partial charge in [-0.15, -0.1) is 0 Å². The summed E-state index contributed by atoms with van der Waals surface area (Å²) >= 11 is 0. The van der Waals surface area contributed by atoms with Crippen LogP contribution in [0.3, 0.4) is 0 Å². The first-order valence-corrected chi connectivity index (χ1v) is 3.67. The van der Waals surface area contributed by atoms with Gasteiger partial charge in [0.05, 0.1) is 11.2 Å². The minimum absolute atomic E-state index is 0.481. The van der Waals surface area contributed by atoms with Gasteiger partial charge in [0.2, 0.25) is 0 Å². The van der Waals surface area contributed by atoms with Crippen LogP contribution >= 0.6 is 0 Å². The van der Waals surface area contributed by atoms with Gasteiger partial charge in [0.25, 0.3) is 0 Å². The van der Waals surface area contributed by atoms with Crippen molar-refractivity contribution >= 4 is 5.97 Å². The van der Waals surface area contributed by atoms with Crippen LogP contribution in [0.4, 0.5) is 0 Å². The molecule has 14 heavy (non-hydrogen) atoms. The van der Waals surface area contributed by atoms with Gasteiger partial charge in [-0.05, 0) is 24.0 Å². The van der Waals surface area contributed by atoms with E-state index in [2.05, 4.69) is 4.74 Å². The number of rotatable bonds is 3. The average molecular weight is 201 g/mol. The maximum atomic E-state index is 11.2. The van der Waals surface area contributed by atoms with Gasteiger partial charge in [0.1, 0.15) is 0 Å². The zero-order valence-electron chi connectivity index (χ0n) is 12.4. The lowest BCUT2D eigenvalue weighted by Crippen LogP contribution is -2.01. The average Bonchev–Trinajstić information content (AvgIpc) is 2.41. The van der Waals surface area contributed by atoms with Gasteiger partial charge in [-0.2, -0.15) is 0 Å². The fourth-order valence-corrected chi connectivity index (χ4v) is 0.706. The molecule has 2 N–H and O–H groups in total. The number of aromatic hydroxyl groups is 2. The van der Waals surface area contributed by atoms with Crippen LogP contribution in [0.25, 0.3) is 0 Å². The predicted octanol–water partition coefficient (Wildman–Crippen LogP) is 1.20. The van der Waals surface area contributed by atoms with Crippen LogP contribution in [0.1, 0.15) is 18.8 Å². The fourth-order valence-electron chi connectivity index (χ4n) is 0.706. The third kappa shape index (κ3) is 2.65. The monoisotopic (exact) mass is 201 g/mol. The van der Waals surface area contributed by atoms with Crippen molar-refractivity contribution in [3.05, 3.63) is 23.7 Å². The lowest BCUT2D eigenvalue weighted by atomic mass is 10.1. The molecule has 0 aliphatic carbocycles. The summed E-state index contributed by atoms with van der Waals surface area (Å²) in [5.74, 6) is -2.92. The first kappa shape index (κ1) is 5.24. The van der Waals surface area contributed by atoms with Gasteiger partial charge < -0.3 is 14.9 Å². The Balaban J connectivity index is 3.39. The molecule has 0 saturated heterocycles. The Kier molecular flexibility index (Phi) is 1.69. The number of carbonyl (C=O) groups excluding carboxylic acids is 1. The maximum Gasteiger partial charge on any atom is 0.305 e. The molecule has 0 fully saturated rings. The summed E-state index contributed by atoms with van der Waals surface area (Å²) in [5.41, 5.74) is -0.481. The van der Waals surface area contributed by atoms with Gasteiger partial charge in [-0.1, -0.05) is 6.04 Å². The normalized spacial score (nSPS) is 19.4. The molecule has 0 aliphatic rings. The van der Waals surface area contributed by atoms with Crippen LogP contribution < -0.4 is 0 Å². The lowest BCUT2D eigenvalue weighted by Gasteiger charge is -2.02. The van der Waals surface area contributed by atoms with E-state index in [1.165, 1.54) is 0 Å². The molecule has 4 nitrogen and oxygen atoms in total. The van der Waals surface area contributed by atoms with E-state index >= 15 is 0 Å². The molecule has 2 unspecified atom stereocenters. The first-order valence-electron chi connectivity index (χ1n) is 6.33. The molecule has 1 aromatic carbocycles. The molecule has 1 rings (SSSR count). The summed E-state index contributed by atoms with van der Waals surface area (Å²) in [5, 5.41) is 18.7. The molecule has 0 aromatic heterocycles. The summed E-state index contributed by atoms with van der Waals surface area (Å²) in [6.45, 7) is 0. The second kappa shape index (κ2) is 4.50. The summed E-state index contributed by atoms with van der Waals surface area (Å²) < 4.78 is 41.9. The molecule has 2 atom stereocenters. The summed E-state index contributed by atoms with van der Waals surface area (Å²) in [7, 11) is 1.03. The molecule has 76 valence electrons. The molecule has 0 heterocycles. The van der Waals surface area contributed by atoms with E-state index in [0.717, 1.165) is 7.11 Å². The van der Waals surface area contributed by atoms with Crippen molar-refractivity contribution in [1.29, 1.82) is 0 Å². The van der Waals surface area contributed by atoms with Crippen molar-refractivity contribution in [3.8, 4) is 11.5 Å². The van der Waals surface area contributed by atoms with Crippen LogP contribution in [-0.2, 0) is 15.9 Å². The number of benzene rings is 1. The number of phenols is 2. The molecule has 0 amide bonds. The smallest absolute Gasteiger partial charge is 0.305 e. The summed E-state index contributed by atoms with van der Waals surface area (Å²) in [6, 6.07) is -2.20. The highest BCUT2D eigenvalue weighted by molar-refractivity contribution is 5.69. The topological polar surface area (TPSA) is 66.8 Å². The van der Waals surface area contributed by atoms with E-state index in [4.69, 9.17) is 6.85 Å². The molecule has 0 aliphatic heterocycles. The molecule has 1 aromatic rings. The largest absolute Gasteiger partial charge is 0.504 e. The van der Waals surface area contributed by atoms with Crippen molar-refractivity contribution in [1.82, 2.24) is 0 Å². The van der Waals surface area contributed by atoms with Crippen molar-refractivity contribution in [2.24, 2.45) is 0 Å². The number of methoxy groups -OCH3 is 1. The van der Waals surface area contributed by atoms with Gasteiger partial charge in [-0.25, -0.2) is 0 Å². The number of esters is 1. The van der Waals surface area contributed by atoms with Crippen LogP contribution in [0, 0.1) is 0 Å². The minimum Gasteiger partial charge on any atom is -0.504 e. The molecule has 4 heteroatoms. The highest BCUT2D eigenvalue weighted by Crippen LogP contribution is 2.25. The van der Waals surface area contributed by atoms with Gasteiger partial charge >= 0.3 is 5.97 Å². The van der Waals surface area contributed by atoms with Crippen LogP contribution in [0.5, 0.6) is 11.5 Å². The van der Waals surface area contributed by atoms with Crippen LogP contribution in [0.2, 0.25) is 0 Å². The second-order valence-corrected chi connectivity index (χ2v) is 2.34. The van der Waals surface area contributed by atoms with Crippen LogP contribution in [0.15, 0.2) is 18.1 Å². The Hall–Kier alpha value is -1.71. The Morgan fingerprint density at radius 2 is 2.29 bits per heavy atom. The zero-order valence-corrected chi connectivity index (χ0v) is 7.37. The summed E-state index contributed by atoms with van der Waals surface area (Å²) in [6.07, 6.45) is -3.40. The van der Waals surface area contributed by atoms with E-state index in [0.29, 0.717) is 0 Å². The Labute approximate surface area is 88.8 Å². The highest BCUT2D eigenvalue weighted by atomic mass is 16.5. The summed E-state index contributed by atoms with van der Waals surface area (Å²) in [4.78, 5) is 11.2. The van der Waals surface area contributed by atoms with E-state index in [1.807, 2.05) is 0 Å². The second-order valence-electron chi connectivity index (χ2n) is 2.34. The minimum atomic E-state index is -1.72.